The van der Waals surface area contributed by atoms with Crippen LogP contribution in [0.5, 0.6) is 11.5 Å². The quantitative estimate of drug-likeness (QED) is 0.910. The Hall–Kier alpha value is -2.23. The second-order valence-corrected chi connectivity index (χ2v) is 4.43. The van der Waals surface area contributed by atoms with Crippen molar-refractivity contribution in [3.63, 3.8) is 0 Å². The molecule has 0 aliphatic rings. The second-order valence-electron chi connectivity index (χ2n) is 4.43. The highest BCUT2D eigenvalue weighted by Gasteiger charge is 2.08. The van der Waals surface area contributed by atoms with Gasteiger partial charge in [0.15, 0.2) is 11.5 Å². The van der Waals surface area contributed by atoms with Gasteiger partial charge in [0.2, 0.25) is 0 Å². The number of rotatable bonds is 5. The predicted molar refractivity (Wildman–Crippen MR) is 79.6 cm³/mol. The minimum Gasteiger partial charge on any atom is -0.490 e. The van der Waals surface area contributed by atoms with E-state index in [1.807, 2.05) is 38.1 Å². The molecule has 1 aromatic heterocycles. The summed E-state index contributed by atoms with van der Waals surface area (Å²) in [5.74, 6) is 1.45. The number of hydrogen-bond acceptors (Lipinski definition) is 3. The Morgan fingerprint density at radius 2 is 1.70 bits per heavy atom. The molecule has 0 atom stereocenters. The summed E-state index contributed by atoms with van der Waals surface area (Å²) in [5, 5.41) is 0. The predicted octanol–water partition coefficient (Wildman–Crippen LogP) is 3.15. The number of pyridine rings is 1. The van der Waals surface area contributed by atoms with Crippen LogP contribution in [0.2, 0.25) is 0 Å². The fourth-order valence-corrected chi connectivity index (χ4v) is 1.99. The second kappa shape index (κ2) is 6.28. The van der Waals surface area contributed by atoms with Gasteiger partial charge in [0.05, 0.1) is 13.2 Å². The van der Waals surface area contributed by atoms with Gasteiger partial charge >= 0.3 is 0 Å². The zero-order valence-corrected chi connectivity index (χ0v) is 12.0. The van der Waals surface area contributed by atoms with Crippen molar-refractivity contribution in [1.82, 2.24) is 4.98 Å². The molecule has 0 aliphatic carbocycles. The van der Waals surface area contributed by atoms with Gasteiger partial charge in [-0.2, -0.15) is 0 Å². The highest BCUT2D eigenvalue weighted by atomic mass is 16.5. The van der Waals surface area contributed by atoms with E-state index in [1.165, 1.54) is 0 Å². The van der Waals surface area contributed by atoms with Gasteiger partial charge < -0.3 is 14.5 Å². The summed E-state index contributed by atoms with van der Waals surface area (Å²) in [7, 11) is 0. The standard InChI is InChI=1S/C16H19NO3/c1-4-19-14-7-6-12(9-15(14)20-5-2)13-8-11(3)16(18)17-10-13/h6-10H,4-5H2,1-3H3,(H,17,18). The lowest BCUT2D eigenvalue weighted by molar-refractivity contribution is 0.288. The number of benzene rings is 1. The highest BCUT2D eigenvalue weighted by molar-refractivity contribution is 5.66. The molecule has 20 heavy (non-hydrogen) atoms. The van der Waals surface area contributed by atoms with Crippen molar-refractivity contribution in [1.29, 1.82) is 0 Å². The molecular weight excluding hydrogens is 254 g/mol. The van der Waals surface area contributed by atoms with Crippen LogP contribution in [0.3, 0.4) is 0 Å². The van der Waals surface area contributed by atoms with Crippen molar-refractivity contribution in [2.75, 3.05) is 13.2 Å². The van der Waals surface area contributed by atoms with Gasteiger partial charge in [-0.05, 0) is 50.1 Å². The first-order chi connectivity index (χ1) is 9.65. The van der Waals surface area contributed by atoms with Crippen molar-refractivity contribution in [2.45, 2.75) is 20.8 Å². The van der Waals surface area contributed by atoms with Crippen LogP contribution in [-0.2, 0) is 0 Å². The molecule has 1 heterocycles. The van der Waals surface area contributed by atoms with Crippen LogP contribution in [0.1, 0.15) is 19.4 Å². The maximum Gasteiger partial charge on any atom is 0.250 e. The van der Waals surface area contributed by atoms with Gasteiger partial charge in [-0.25, -0.2) is 0 Å². The Balaban J connectivity index is 2.43. The average Bonchev–Trinajstić information content (AvgIpc) is 2.44. The maximum atomic E-state index is 11.4. The summed E-state index contributed by atoms with van der Waals surface area (Å²) in [4.78, 5) is 14.1. The molecule has 106 valence electrons. The zero-order valence-electron chi connectivity index (χ0n) is 12.0. The van der Waals surface area contributed by atoms with Gasteiger partial charge in [0.25, 0.3) is 5.56 Å². The number of nitrogens with one attached hydrogen (secondary N) is 1. The summed E-state index contributed by atoms with van der Waals surface area (Å²) in [6.45, 7) is 6.84. The van der Waals surface area contributed by atoms with Gasteiger partial charge in [-0.3, -0.25) is 4.79 Å². The van der Waals surface area contributed by atoms with Gasteiger partial charge in [0.1, 0.15) is 0 Å². The molecule has 0 amide bonds. The molecule has 0 aliphatic heterocycles. The van der Waals surface area contributed by atoms with Crippen molar-refractivity contribution >= 4 is 0 Å². The number of aryl methyl sites for hydroxylation is 1. The summed E-state index contributed by atoms with van der Waals surface area (Å²) in [6.07, 6.45) is 1.71. The van der Waals surface area contributed by atoms with E-state index in [9.17, 15) is 4.79 Å². The smallest absolute Gasteiger partial charge is 0.250 e. The van der Waals surface area contributed by atoms with Crippen molar-refractivity contribution in [3.05, 3.63) is 46.4 Å². The van der Waals surface area contributed by atoms with Gasteiger partial charge in [0, 0.05) is 11.8 Å². The van der Waals surface area contributed by atoms with E-state index in [4.69, 9.17) is 9.47 Å². The monoisotopic (exact) mass is 273 g/mol. The lowest BCUT2D eigenvalue weighted by Crippen LogP contribution is -2.07. The lowest BCUT2D eigenvalue weighted by Gasteiger charge is -2.12. The first-order valence-corrected chi connectivity index (χ1v) is 6.75. The van der Waals surface area contributed by atoms with E-state index in [1.54, 1.807) is 13.1 Å². The molecule has 2 aromatic rings. The van der Waals surface area contributed by atoms with Crippen molar-refractivity contribution in [2.24, 2.45) is 0 Å². The molecule has 1 aromatic carbocycles. The zero-order chi connectivity index (χ0) is 14.5. The van der Waals surface area contributed by atoms with Crippen LogP contribution in [0.25, 0.3) is 11.1 Å². The molecular formula is C16H19NO3. The van der Waals surface area contributed by atoms with E-state index in [-0.39, 0.29) is 5.56 Å². The van der Waals surface area contributed by atoms with Crippen molar-refractivity contribution < 1.29 is 9.47 Å². The van der Waals surface area contributed by atoms with Crippen LogP contribution in [0, 0.1) is 6.92 Å². The van der Waals surface area contributed by atoms with E-state index in [0.717, 1.165) is 22.6 Å². The fourth-order valence-electron chi connectivity index (χ4n) is 1.99. The van der Waals surface area contributed by atoms with E-state index in [2.05, 4.69) is 4.98 Å². The third-order valence-electron chi connectivity index (χ3n) is 2.97. The molecule has 0 radical (unpaired) electrons. The average molecular weight is 273 g/mol. The van der Waals surface area contributed by atoms with Crippen molar-refractivity contribution in [3.8, 4) is 22.6 Å². The Morgan fingerprint density at radius 1 is 1.00 bits per heavy atom. The SMILES string of the molecule is CCOc1ccc(-c2c[nH]c(=O)c(C)c2)cc1OCC. The third kappa shape index (κ3) is 3.02. The molecule has 1 N–H and O–H groups in total. The Kier molecular flexibility index (Phi) is 4.45. The molecule has 0 unspecified atom stereocenters. The maximum absolute atomic E-state index is 11.4. The van der Waals surface area contributed by atoms with Crippen LogP contribution in [-0.4, -0.2) is 18.2 Å². The summed E-state index contributed by atoms with van der Waals surface area (Å²) >= 11 is 0. The highest BCUT2D eigenvalue weighted by Crippen LogP contribution is 2.32. The fraction of sp³-hybridized carbons (Fsp3) is 0.312. The molecule has 2 rings (SSSR count). The van der Waals surface area contributed by atoms with E-state index in [0.29, 0.717) is 18.8 Å². The molecule has 0 bridgehead atoms. The number of aromatic amines is 1. The van der Waals surface area contributed by atoms with E-state index < -0.39 is 0 Å². The Morgan fingerprint density at radius 3 is 2.35 bits per heavy atom. The normalized spacial score (nSPS) is 10.3. The summed E-state index contributed by atoms with van der Waals surface area (Å²) in [6, 6.07) is 7.65. The number of aromatic nitrogens is 1. The molecule has 0 fully saturated rings. The number of H-pyrrole nitrogens is 1. The van der Waals surface area contributed by atoms with E-state index >= 15 is 0 Å². The van der Waals surface area contributed by atoms with Crippen LogP contribution < -0.4 is 15.0 Å². The summed E-state index contributed by atoms with van der Waals surface area (Å²) < 4.78 is 11.1. The first-order valence-electron chi connectivity index (χ1n) is 6.75. The topological polar surface area (TPSA) is 51.3 Å². The molecule has 0 spiro atoms. The largest absolute Gasteiger partial charge is 0.490 e. The molecule has 0 saturated carbocycles. The summed E-state index contributed by atoms with van der Waals surface area (Å²) in [5.41, 5.74) is 2.56. The lowest BCUT2D eigenvalue weighted by atomic mass is 10.1. The first kappa shape index (κ1) is 14.2. The molecule has 0 saturated heterocycles. The minimum absolute atomic E-state index is 0.0651. The number of hydrogen-bond donors (Lipinski definition) is 1. The Bertz CT molecular complexity index is 646. The van der Waals surface area contributed by atoms with Gasteiger partial charge in [-0.1, -0.05) is 6.07 Å². The van der Waals surface area contributed by atoms with Gasteiger partial charge in [-0.15, -0.1) is 0 Å². The number of ether oxygens (including phenoxy) is 2. The van der Waals surface area contributed by atoms with Crippen LogP contribution >= 0.6 is 0 Å². The molecule has 4 nitrogen and oxygen atoms in total. The van der Waals surface area contributed by atoms with Crippen LogP contribution in [0.4, 0.5) is 0 Å². The van der Waals surface area contributed by atoms with Crippen LogP contribution in [0.15, 0.2) is 35.3 Å². The molecule has 4 heteroatoms. The third-order valence-corrected chi connectivity index (χ3v) is 2.97. The Labute approximate surface area is 118 Å². The minimum atomic E-state index is -0.0651.